The Morgan fingerprint density at radius 2 is 0.667 bits per heavy atom. The predicted octanol–water partition coefficient (Wildman–Crippen LogP) is 17.5. The zero-order valence-corrected chi connectivity index (χ0v) is 34.7. The zero-order chi connectivity index (χ0) is 40.0. The Bertz CT molecular complexity index is 3250. The van der Waals surface area contributed by atoms with E-state index in [2.05, 4.69) is 233 Å². The van der Waals surface area contributed by atoms with Crippen molar-refractivity contribution in [3.63, 3.8) is 0 Å². The summed E-state index contributed by atoms with van der Waals surface area (Å²) in [4.78, 5) is 7.15. The second kappa shape index (κ2) is 15.4. The lowest BCUT2D eigenvalue weighted by molar-refractivity contribution is 1.25. The zero-order valence-electron chi connectivity index (χ0n) is 32.3. The third kappa shape index (κ3) is 6.45. The largest absolute Gasteiger partial charge is 0.310 e. The van der Waals surface area contributed by atoms with Gasteiger partial charge in [-0.2, -0.15) is 0 Å². The van der Waals surface area contributed by atoms with Gasteiger partial charge in [0.15, 0.2) is 0 Å². The van der Waals surface area contributed by atoms with Crippen LogP contribution in [-0.4, -0.2) is 0 Å². The fourth-order valence-electron chi connectivity index (χ4n) is 8.48. The monoisotopic (exact) mass is 825 g/mol. The topological polar surface area (TPSA) is 9.72 Å². The fraction of sp³-hybridized carbons (Fsp3) is 0. The first-order valence-corrected chi connectivity index (χ1v) is 22.0. The summed E-state index contributed by atoms with van der Waals surface area (Å²) in [6, 6.07) is 78.0. The van der Waals surface area contributed by atoms with Crippen molar-refractivity contribution in [3.05, 3.63) is 223 Å². The van der Waals surface area contributed by atoms with E-state index in [1.165, 1.54) is 35.6 Å². The van der Waals surface area contributed by atoms with E-state index in [9.17, 15) is 0 Å². The molecule has 0 aliphatic heterocycles. The summed E-state index contributed by atoms with van der Waals surface area (Å²) in [6.45, 7) is 0. The lowest BCUT2D eigenvalue weighted by Gasteiger charge is -2.31. The van der Waals surface area contributed by atoms with Crippen molar-refractivity contribution in [1.82, 2.24) is 0 Å². The maximum absolute atomic E-state index is 6.99. The molecule has 286 valence electrons. The van der Waals surface area contributed by atoms with Crippen molar-refractivity contribution in [3.8, 4) is 0 Å². The number of para-hydroxylation sites is 4. The Morgan fingerprint density at radius 3 is 1.18 bits per heavy atom. The van der Waals surface area contributed by atoms with Gasteiger partial charge in [-0.3, -0.25) is 0 Å². The van der Waals surface area contributed by atoms with E-state index in [1.807, 2.05) is 11.3 Å². The minimum Gasteiger partial charge on any atom is -0.310 e. The van der Waals surface area contributed by atoms with Gasteiger partial charge in [0.2, 0.25) is 0 Å². The second-order valence-electron chi connectivity index (χ2n) is 14.7. The minimum atomic E-state index is 0.706. The Kier molecular flexibility index (Phi) is 9.28. The van der Waals surface area contributed by atoms with Crippen molar-refractivity contribution in [2.75, 3.05) is 14.7 Å². The molecule has 0 amide bonds. The molecule has 0 atom stereocenters. The number of hydrogen-bond acceptors (Lipinski definition) is 5. The standard InChI is InChI=1S/C54H36ClN3S2/c55-37-32-47(53-45-28-13-15-30-49(45)59-51(53)33-37)58(41-24-11-4-12-25-41)43-27-17-26-42(34-43)56(38-18-5-1-6-19-38)44-35-48(54-46-29-14-16-31-50(46)60-52(54)36-44)57(39-20-7-2-8-21-39)40-22-9-3-10-23-40/h1-36H. The molecule has 0 saturated heterocycles. The first-order valence-electron chi connectivity index (χ1n) is 19.9. The van der Waals surface area contributed by atoms with Crippen LogP contribution in [0.5, 0.6) is 0 Å². The number of benzene rings is 9. The SMILES string of the molecule is Clc1cc(N(c2ccccc2)c2cccc(N(c3ccccc3)c3cc(N(c4ccccc4)c4ccccc4)c4c(c3)sc3ccccc34)c2)c2c(c1)sc1ccccc12. The fourth-order valence-corrected chi connectivity index (χ4v) is 11.1. The third-order valence-corrected chi connectivity index (χ3v) is 13.5. The van der Waals surface area contributed by atoms with Crippen LogP contribution in [0, 0.1) is 0 Å². The van der Waals surface area contributed by atoms with Crippen molar-refractivity contribution >= 4 is 126 Å². The van der Waals surface area contributed by atoms with Crippen LogP contribution in [0.25, 0.3) is 40.3 Å². The minimum absolute atomic E-state index is 0.706. The van der Waals surface area contributed by atoms with Crippen LogP contribution in [0.3, 0.4) is 0 Å². The molecule has 0 fully saturated rings. The highest BCUT2D eigenvalue weighted by Gasteiger charge is 2.25. The highest BCUT2D eigenvalue weighted by Crippen LogP contribution is 2.51. The van der Waals surface area contributed by atoms with Crippen LogP contribution < -0.4 is 14.7 Å². The van der Waals surface area contributed by atoms with Crippen molar-refractivity contribution in [2.24, 2.45) is 0 Å². The van der Waals surface area contributed by atoms with E-state index in [4.69, 9.17) is 11.6 Å². The Balaban J connectivity index is 1.16. The van der Waals surface area contributed by atoms with Gasteiger partial charge in [0.25, 0.3) is 0 Å². The summed E-state index contributed by atoms with van der Waals surface area (Å²) >= 11 is 10.6. The van der Waals surface area contributed by atoms with Gasteiger partial charge in [-0.05, 0) is 103 Å². The summed E-state index contributed by atoms with van der Waals surface area (Å²) in [5.41, 5.74) is 9.58. The third-order valence-electron chi connectivity index (χ3n) is 11.0. The molecule has 11 rings (SSSR count). The van der Waals surface area contributed by atoms with E-state index in [0.29, 0.717) is 5.02 Å². The highest BCUT2D eigenvalue weighted by atomic mass is 35.5. The molecule has 11 aromatic rings. The maximum atomic E-state index is 6.99. The molecule has 0 bridgehead atoms. The van der Waals surface area contributed by atoms with Gasteiger partial charge in [0.05, 0.1) is 11.4 Å². The predicted molar refractivity (Wildman–Crippen MR) is 261 cm³/mol. The molecule has 0 radical (unpaired) electrons. The first-order chi connectivity index (χ1) is 29.7. The van der Waals surface area contributed by atoms with Crippen molar-refractivity contribution in [2.45, 2.75) is 0 Å². The van der Waals surface area contributed by atoms with Gasteiger partial charge in [-0.25, -0.2) is 0 Å². The highest BCUT2D eigenvalue weighted by molar-refractivity contribution is 7.26. The van der Waals surface area contributed by atoms with Crippen LogP contribution >= 0.6 is 34.3 Å². The molecule has 0 aliphatic carbocycles. The normalized spacial score (nSPS) is 11.4. The number of hydrogen-bond donors (Lipinski definition) is 0. The van der Waals surface area contributed by atoms with Crippen LogP contribution in [0.1, 0.15) is 0 Å². The molecule has 60 heavy (non-hydrogen) atoms. The first kappa shape index (κ1) is 36.2. The molecule has 0 N–H and O–H groups in total. The number of rotatable bonds is 9. The average Bonchev–Trinajstić information content (AvgIpc) is 3.87. The number of thiophene rings is 2. The molecule has 2 aromatic heterocycles. The summed E-state index contributed by atoms with van der Waals surface area (Å²) in [5.74, 6) is 0. The van der Waals surface area contributed by atoms with E-state index in [1.54, 1.807) is 11.3 Å². The Morgan fingerprint density at radius 1 is 0.283 bits per heavy atom. The van der Waals surface area contributed by atoms with Crippen LogP contribution in [0.15, 0.2) is 218 Å². The lowest BCUT2D eigenvalue weighted by atomic mass is 10.1. The summed E-state index contributed by atoms with van der Waals surface area (Å²) in [6.07, 6.45) is 0. The van der Waals surface area contributed by atoms with E-state index < -0.39 is 0 Å². The maximum Gasteiger partial charge on any atom is 0.0575 e. The van der Waals surface area contributed by atoms with E-state index in [-0.39, 0.29) is 0 Å². The molecule has 0 saturated carbocycles. The van der Waals surface area contributed by atoms with E-state index in [0.717, 1.165) is 55.9 Å². The van der Waals surface area contributed by atoms with Crippen LogP contribution in [0.4, 0.5) is 51.2 Å². The quantitative estimate of drug-likeness (QED) is 0.144. The van der Waals surface area contributed by atoms with Crippen LogP contribution in [0.2, 0.25) is 5.02 Å². The molecule has 0 spiro atoms. The molecule has 0 unspecified atom stereocenters. The van der Waals surface area contributed by atoms with Gasteiger partial charge in [-0.15, -0.1) is 22.7 Å². The molecule has 6 heteroatoms. The molecule has 2 heterocycles. The summed E-state index contributed by atoms with van der Waals surface area (Å²) < 4.78 is 4.87. The number of nitrogens with zero attached hydrogens (tertiary/aromatic N) is 3. The number of anilines is 9. The van der Waals surface area contributed by atoms with E-state index >= 15 is 0 Å². The lowest BCUT2D eigenvalue weighted by Crippen LogP contribution is -2.15. The molecule has 3 nitrogen and oxygen atoms in total. The van der Waals surface area contributed by atoms with Crippen LogP contribution in [-0.2, 0) is 0 Å². The Hall–Kier alpha value is -6.89. The molecular weight excluding hydrogens is 790 g/mol. The number of halogens is 1. The molecule has 0 aliphatic rings. The Labute approximate surface area is 361 Å². The second-order valence-corrected chi connectivity index (χ2v) is 17.3. The average molecular weight is 826 g/mol. The summed E-state index contributed by atoms with van der Waals surface area (Å²) in [7, 11) is 0. The van der Waals surface area contributed by atoms with Gasteiger partial charge >= 0.3 is 0 Å². The molecule has 9 aromatic carbocycles. The molecular formula is C54H36ClN3S2. The smallest absolute Gasteiger partial charge is 0.0575 e. The van der Waals surface area contributed by atoms with Crippen molar-refractivity contribution < 1.29 is 0 Å². The van der Waals surface area contributed by atoms with Gasteiger partial charge in [-0.1, -0.05) is 127 Å². The van der Waals surface area contributed by atoms with Gasteiger partial charge in [0.1, 0.15) is 0 Å². The van der Waals surface area contributed by atoms with Gasteiger partial charge < -0.3 is 14.7 Å². The van der Waals surface area contributed by atoms with Crippen molar-refractivity contribution in [1.29, 1.82) is 0 Å². The summed E-state index contributed by atoms with van der Waals surface area (Å²) in [5, 5.41) is 5.60. The number of fused-ring (bicyclic) bond motifs is 6. The van der Waals surface area contributed by atoms with Gasteiger partial charge in [0, 0.05) is 85.2 Å².